The van der Waals surface area contributed by atoms with Crippen molar-refractivity contribution in [1.82, 2.24) is 0 Å². The topological polar surface area (TPSA) is 52.3 Å². The third-order valence-electron chi connectivity index (χ3n) is 3.13. The average Bonchev–Trinajstić information content (AvgIpc) is 2.34. The molecule has 108 valence electrons. The van der Waals surface area contributed by atoms with E-state index in [0.29, 0.717) is 0 Å². The van der Waals surface area contributed by atoms with Crippen molar-refractivity contribution >= 4 is 18.4 Å². The molecule has 0 aliphatic carbocycles. The molecule has 19 heavy (non-hydrogen) atoms. The van der Waals surface area contributed by atoms with Gasteiger partial charge in [-0.25, -0.2) is 8.78 Å². The summed E-state index contributed by atoms with van der Waals surface area (Å²) in [5, 5.41) is 0. The maximum absolute atomic E-state index is 13.8. The van der Waals surface area contributed by atoms with E-state index in [9.17, 15) is 13.6 Å². The van der Waals surface area contributed by atoms with Gasteiger partial charge in [-0.3, -0.25) is 4.79 Å². The molecule has 0 heterocycles. The summed E-state index contributed by atoms with van der Waals surface area (Å²) in [7, 11) is 1.23. The first-order chi connectivity index (χ1) is 8.23. The molecule has 0 aromatic heterocycles. The van der Waals surface area contributed by atoms with Gasteiger partial charge in [-0.15, -0.1) is 12.4 Å². The lowest BCUT2D eigenvalue weighted by Gasteiger charge is -2.29. The molecule has 0 unspecified atom stereocenters. The van der Waals surface area contributed by atoms with E-state index in [4.69, 9.17) is 5.73 Å². The van der Waals surface area contributed by atoms with Crippen LogP contribution in [0.25, 0.3) is 0 Å². The Bertz CT molecular complexity index is 478. The molecule has 1 aromatic carbocycles. The smallest absolute Gasteiger partial charge is 0.313 e. The van der Waals surface area contributed by atoms with E-state index in [-0.39, 0.29) is 23.5 Å². The van der Waals surface area contributed by atoms with Crippen LogP contribution in [-0.4, -0.2) is 13.1 Å². The minimum absolute atomic E-state index is 0. The largest absolute Gasteiger partial charge is 0.469 e. The molecule has 0 bridgehead atoms. The lowest BCUT2D eigenvalue weighted by molar-refractivity contribution is -0.152. The lowest BCUT2D eigenvalue weighted by atomic mass is 9.80. The number of hydrogen-bond acceptors (Lipinski definition) is 3. The highest BCUT2D eigenvalue weighted by molar-refractivity contribution is 5.85. The van der Waals surface area contributed by atoms with Crippen LogP contribution in [0.3, 0.4) is 0 Å². The predicted octanol–water partition coefficient (Wildman–Crippen LogP) is 2.89. The zero-order valence-corrected chi connectivity index (χ0v) is 12.1. The summed E-state index contributed by atoms with van der Waals surface area (Å²) in [6.45, 7) is 4.51. The highest BCUT2D eigenvalue weighted by Crippen LogP contribution is 2.34. The molecule has 3 nitrogen and oxygen atoms in total. The monoisotopic (exact) mass is 293 g/mol. The first-order valence-corrected chi connectivity index (χ1v) is 5.52. The van der Waals surface area contributed by atoms with Crippen LogP contribution in [-0.2, 0) is 9.53 Å². The second kappa shape index (κ2) is 6.30. The van der Waals surface area contributed by atoms with Crippen LogP contribution in [0.15, 0.2) is 12.1 Å². The lowest BCUT2D eigenvalue weighted by Crippen LogP contribution is -2.38. The van der Waals surface area contributed by atoms with Crippen molar-refractivity contribution in [3.63, 3.8) is 0 Å². The average molecular weight is 294 g/mol. The summed E-state index contributed by atoms with van der Waals surface area (Å²) in [5.41, 5.74) is 4.88. The van der Waals surface area contributed by atoms with Crippen LogP contribution in [0.1, 0.15) is 31.0 Å². The van der Waals surface area contributed by atoms with Crippen LogP contribution in [0.5, 0.6) is 0 Å². The number of hydrogen-bond donors (Lipinski definition) is 1. The van der Waals surface area contributed by atoms with E-state index in [1.54, 1.807) is 0 Å². The highest BCUT2D eigenvalue weighted by Gasteiger charge is 2.38. The molecule has 0 aliphatic heterocycles. The second-order valence-corrected chi connectivity index (χ2v) is 4.79. The number of ether oxygens (including phenoxy) is 1. The van der Waals surface area contributed by atoms with Gasteiger partial charge in [0.2, 0.25) is 0 Å². The van der Waals surface area contributed by atoms with Gasteiger partial charge in [-0.1, -0.05) is 12.1 Å². The Labute approximate surface area is 117 Å². The van der Waals surface area contributed by atoms with Gasteiger partial charge in [-0.05, 0) is 26.3 Å². The van der Waals surface area contributed by atoms with Crippen molar-refractivity contribution in [3.05, 3.63) is 34.9 Å². The SMILES string of the molecule is COC(=O)C(C)(C)[C@H](N)c1ccc(C)c(F)c1F.Cl. The maximum atomic E-state index is 13.8. The molecular formula is C13H18ClF2NO2. The molecule has 0 spiro atoms. The molecule has 6 heteroatoms. The molecule has 0 amide bonds. The van der Waals surface area contributed by atoms with Gasteiger partial charge in [0, 0.05) is 11.6 Å². The number of carbonyl (C=O) groups excluding carboxylic acids is 1. The minimum Gasteiger partial charge on any atom is -0.469 e. The molecule has 1 rings (SSSR count). The van der Waals surface area contributed by atoms with E-state index in [2.05, 4.69) is 4.74 Å². The first kappa shape index (κ1) is 17.8. The van der Waals surface area contributed by atoms with Crippen molar-refractivity contribution in [2.45, 2.75) is 26.8 Å². The van der Waals surface area contributed by atoms with Crippen LogP contribution in [0.2, 0.25) is 0 Å². The fourth-order valence-corrected chi connectivity index (χ4v) is 1.68. The number of benzene rings is 1. The van der Waals surface area contributed by atoms with Crippen LogP contribution < -0.4 is 5.73 Å². The Morgan fingerprint density at radius 1 is 1.32 bits per heavy atom. The van der Waals surface area contributed by atoms with Gasteiger partial charge < -0.3 is 10.5 Å². The van der Waals surface area contributed by atoms with Gasteiger partial charge in [0.25, 0.3) is 0 Å². The van der Waals surface area contributed by atoms with Crippen molar-refractivity contribution in [2.75, 3.05) is 7.11 Å². The summed E-state index contributed by atoms with van der Waals surface area (Å²) in [6, 6.07) is 1.84. The van der Waals surface area contributed by atoms with Crippen molar-refractivity contribution in [3.8, 4) is 0 Å². The quantitative estimate of drug-likeness (QED) is 0.872. The summed E-state index contributed by atoms with van der Waals surface area (Å²) < 4.78 is 31.9. The number of aryl methyl sites for hydroxylation is 1. The molecule has 2 N–H and O–H groups in total. The second-order valence-electron chi connectivity index (χ2n) is 4.79. The molecule has 1 aromatic rings. The van der Waals surface area contributed by atoms with E-state index in [0.717, 1.165) is 0 Å². The van der Waals surface area contributed by atoms with Crippen molar-refractivity contribution < 1.29 is 18.3 Å². The predicted molar refractivity (Wildman–Crippen MR) is 71.1 cm³/mol. The summed E-state index contributed by atoms with van der Waals surface area (Å²) in [4.78, 5) is 11.6. The summed E-state index contributed by atoms with van der Waals surface area (Å²) in [5.74, 6) is -2.53. The summed E-state index contributed by atoms with van der Waals surface area (Å²) in [6.07, 6.45) is 0. The third-order valence-corrected chi connectivity index (χ3v) is 3.13. The molecule has 0 aliphatic rings. The number of halogens is 3. The number of nitrogens with two attached hydrogens (primary N) is 1. The maximum Gasteiger partial charge on any atom is 0.313 e. The van der Waals surface area contributed by atoms with Gasteiger partial charge in [0.1, 0.15) is 0 Å². The number of esters is 1. The van der Waals surface area contributed by atoms with Crippen LogP contribution in [0.4, 0.5) is 8.78 Å². The number of carbonyl (C=O) groups is 1. The molecule has 0 saturated carbocycles. The van der Waals surface area contributed by atoms with Gasteiger partial charge in [0.15, 0.2) is 11.6 Å². The Kier molecular flexibility index (Phi) is 5.90. The Morgan fingerprint density at radius 3 is 2.32 bits per heavy atom. The van der Waals surface area contributed by atoms with Crippen molar-refractivity contribution in [1.29, 1.82) is 0 Å². The zero-order chi connectivity index (χ0) is 14.1. The molecule has 0 saturated heterocycles. The Morgan fingerprint density at radius 2 is 1.84 bits per heavy atom. The van der Waals surface area contributed by atoms with E-state index >= 15 is 0 Å². The van der Waals surface area contributed by atoms with E-state index in [1.165, 1.54) is 40.0 Å². The zero-order valence-electron chi connectivity index (χ0n) is 11.3. The molecule has 1 atom stereocenters. The van der Waals surface area contributed by atoms with Gasteiger partial charge in [0.05, 0.1) is 12.5 Å². The fraction of sp³-hybridized carbons (Fsp3) is 0.462. The highest BCUT2D eigenvalue weighted by atomic mass is 35.5. The van der Waals surface area contributed by atoms with Crippen LogP contribution in [0, 0.1) is 24.0 Å². The van der Waals surface area contributed by atoms with Gasteiger partial charge in [-0.2, -0.15) is 0 Å². The molecule has 0 fully saturated rings. The number of methoxy groups -OCH3 is 1. The Hall–Kier alpha value is -1.20. The van der Waals surface area contributed by atoms with E-state index < -0.39 is 29.1 Å². The fourth-order valence-electron chi connectivity index (χ4n) is 1.68. The third kappa shape index (κ3) is 3.22. The van der Waals surface area contributed by atoms with Crippen LogP contribution >= 0.6 is 12.4 Å². The normalized spacial score (nSPS) is 12.6. The van der Waals surface area contributed by atoms with Gasteiger partial charge >= 0.3 is 5.97 Å². The first-order valence-electron chi connectivity index (χ1n) is 5.52. The van der Waals surface area contributed by atoms with Crippen molar-refractivity contribution in [2.24, 2.45) is 11.1 Å². The minimum atomic E-state index is -1.14. The standard InChI is InChI=1S/C13H17F2NO2.ClH/c1-7-5-6-8(10(15)9(7)14)11(16)13(2,3)12(17)18-4;/h5-6,11H,16H2,1-4H3;1H/t11-;/m1./s1. The molecule has 0 radical (unpaired) electrons. The Balaban J connectivity index is 0.00000324. The number of rotatable bonds is 3. The van der Waals surface area contributed by atoms with E-state index in [1.807, 2.05) is 0 Å². The molecular weight excluding hydrogens is 276 g/mol. The summed E-state index contributed by atoms with van der Waals surface area (Å²) >= 11 is 0.